The van der Waals surface area contributed by atoms with Crippen LogP contribution < -0.4 is 11.1 Å². The smallest absolute Gasteiger partial charge is 0.235 e. The number of nitrogens with two attached hydrogens (primary N) is 1. The molecule has 3 N–H and O–H groups in total. The molecule has 0 spiro atoms. The van der Waals surface area contributed by atoms with E-state index in [0.717, 1.165) is 25.4 Å². The van der Waals surface area contributed by atoms with Crippen LogP contribution in [0.3, 0.4) is 0 Å². The third-order valence-electron chi connectivity index (χ3n) is 3.99. The van der Waals surface area contributed by atoms with Gasteiger partial charge in [-0.1, -0.05) is 26.7 Å². The highest BCUT2D eigenvalue weighted by molar-refractivity contribution is 5.80. The van der Waals surface area contributed by atoms with Crippen LogP contribution in [0.15, 0.2) is 0 Å². The lowest BCUT2D eigenvalue weighted by Gasteiger charge is -2.35. The minimum absolute atomic E-state index is 0.216. The van der Waals surface area contributed by atoms with Gasteiger partial charge in [-0.2, -0.15) is 0 Å². The summed E-state index contributed by atoms with van der Waals surface area (Å²) in [5.41, 5.74) is 5.45. The monoisotopic (exact) mass is 255 g/mol. The average Bonchev–Trinajstić information content (AvgIpc) is 2.33. The Morgan fingerprint density at radius 1 is 1.50 bits per heavy atom. The zero-order valence-corrected chi connectivity index (χ0v) is 12.1. The highest BCUT2D eigenvalue weighted by Gasteiger charge is 2.25. The summed E-state index contributed by atoms with van der Waals surface area (Å²) < 4.78 is 0. The summed E-state index contributed by atoms with van der Waals surface area (Å²) in [6.07, 6.45) is 6.17. The summed E-state index contributed by atoms with van der Waals surface area (Å²) in [7, 11) is 2.12. The largest absolute Gasteiger partial charge is 0.368 e. The fourth-order valence-electron chi connectivity index (χ4n) is 2.81. The highest BCUT2D eigenvalue weighted by Crippen LogP contribution is 2.26. The summed E-state index contributed by atoms with van der Waals surface area (Å²) in [4.78, 5) is 13.7. The molecule has 0 aliphatic heterocycles. The van der Waals surface area contributed by atoms with Gasteiger partial charge >= 0.3 is 0 Å². The van der Waals surface area contributed by atoms with E-state index in [1.165, 1.54) is 25.7 Å². The Morgan fingerprint density at radius 3 is 2.78 bits per heavy atom. The van der Waals surface area contributed by atoms with Crippen molar-refractivity contribution in [2.75, 3.05) is 20.1 Å². The number of hydrogen-bond acceptors (Lipinski definition) is 3. The van der Waals surface area contributed by atoms with Crippen LogP contribution in [-0.4, -0.2) is 43.0 Å². The van der Waals surface area contributed by atoms with Crippen molar-refractivity contribution in [2.24, 2.45) is 11.7 Å². The molecule has 0 heterocycles. The molecule has 1 fully saturated rings. The molecule has 3 atom stereocenters. The second-order valence-corrected chi connectivity index (χ2v) is 5.77. The Labute approximate surface area is 111 Å². The van der Waals surface area contributed by atoms with Gasteiger partial charge in [-0.25, -0.2) is 0 Å². The van der Waals surface area contributed by atoms with Gasteiger partial charge in [-0.3, -0.25) is 4.79 Å². The molecule has 0 saturated heterocycles. The van der Waals surface area contributed by atoms with E-state index in [-0.39, 0.29) is 11.9 Å². The number of hydrogen-bond donors (Lipinski definition) is 2. The molecule has 0 radical (unpaired) electrons. The molecule has 1 saturated carbocycles. The van der Waals surface area contributed by atoms with Crippen LogP contribution in [0.1, 0.15) is 46.0 Å². The van der Waals surface area contributed by atoms with Gasteiger partial charge in [-0.05, 0) is 38.8 Å². The summed E-state index contributed by atoms with van der Waals surface area (Å²) >= 11 is 0. The SMILES string of the molecule is CCCNC(CN(C)C1CCCC(C)C1)C(N)=O. The van der Waals surface area contributed by atoms with E-state index in [4.69, 9.17) is 5.73 Å². The summed E-state index contributed by atoms with van der Waals surface area (Å²) in [5, 5.41) is 3.23. The number of carbonyl (C=O) groups excluding carboxylic acids is 1. The molecule has 0 aromatic rings. The van der Waals surface area contributed by atoms with E-state index in [9.17, 15) is 4.79 Å². The van der Waals surface area contributed by atoms with E-state index in [1.54, 1.807) is 0 Å². The molecular formula is C14H29N3O. The molecule has 0 aromatic heterocycles. The standard InChI is InChI=1S/C14H29N3O/c1-4-8-16-13(14(15)18)10-17(3)12-7-5-6-11(2)9-12/h11-13,16H,4-10H2,1-3H3,(H2,15,18). The van der Waals surface area contributed by atoms with Crippen molar-refractivity contribution in [3.05, 3.63) is 0 Å². The van der Waals surface area contributed by atoms with Crippen LogP contribution in [0.5, 0.6) is 0 Å². The molecule has 1 aliphatic rings. The first-order valence-electron chi connectivity index (χ1n) is 7.27. The minimum Gasteiger partial charge on any atom is -0.368 e. The molecule has 4 nitrogen and oxygen atoms in total. The molecule has 0 bridgehead atoms. The van der Waals surface area contributed by atoms with Crippen molar-refractivity contribution >= 4 is 5.91 Å². The average molecular weight is 255 g/mol. The van der Waals surface area contributed by atoms with Crippen LogP contribution in [0, 0.1) is 5.92 Å². The van der Waals surface area contributed by atoms with Crippen LogP contribution >= 0.6 is 0 Å². The maximum absolute atomic E-state index is 11.4. The first kappa shape index (κ1) is 15.4. The molecule has 4 heteroatoms. The topological polar surface area (TPSA) is 58.4 Å². The molecule has 1 aliphatic carbocycles. The van der Waals surface area contributed by atoms with Gasteiger partial charge in [-0.15, -0.1) is 0 Å². The Hall–Kier alpha value is -0.610. The Balaban J connectivity index is 2.44. The van der Waals surface area contributed by atoms with Crippen LogP contribution in [0.25, 0.3) is 0 Å². The van der Waals surface area contributed by atoms with E-state index in [0.29, 0.717) is 6.04 Å². The number of nitrogens with zero attached hydrogens (tertiary/aromatic N) is 1. The van der Waals surface area contributed by atoms with E-state index in [2.05, 4.69) is 31.1 Å². The quantitative estimate of drug-likeness (QED) is 0.722. The molecule has 0 aromatic carbocycles. The first-order chi connectivity index (χ1) is 8.54. The van der Waals surface area contributed by atoms with Gasteiger partial charge < -0.3 is 16.0 Å². The molecule has 3 unspecified atom stereocenters. The minimum atomic E-state index is -0.237. The number of likely N-dealkylation sites (N-methyl/N-ethyl adjacent to an activating group) is 1. The van der Waals surface area contributed by atoms with E-state index >= 15 is 0 Å². The van der Waals surface area contributed by atoms with Gasteiger partial charge in [0, 0.05) is 12.6 Å². The molecular weight excluding hydrogens is 226 g/mol. The van der Waals surface area contributed by atoms with Gasteiger partial charge in [0.05, 0.1) is 6.04 Å². The Bertz CT molecular complexity index is 257. The maximum Gasteiger partial charge on any atom is 0.235 e. The summed E-state index contributed by atoms with van der Waals surface area (Å²) in [6.45, 7) is 5.99. The van der Waals surface area contributed by atoms with Crippen LogP contribution in [-0.2, 0) is 4.79 Å². The third-order valence-corrected chi connectivity index (χ3v) is 3.99. The predicted molar refractivity (Wildman–Crippen MR) is 75.3 cm³/mol. The second-order valence-electron chi connectivity index (χ2n) is 5.77. The highest BCUT2D eigenvalue weighted by atomic mass is 16.1. The van der Waals surface area contributed by atoms with Crippen LogP contribution in [0.4, 0.5) is 0 Å². The number of carbonyl (C=O) groups is 1. The van der Waals surface area contributed by atoms with Gasteiger partial charge in [0.25, 0.3) is 0 Å². The lowest BCUT2D eigenvalue weighted by Crippen LogP contribution is -2.51. The lowest BCUT2D eigenvalue weighted by atomic mass is 9.86. The fraction of sp³-hybridized carbons (Fsp3) is 0.929. The van der Waals surface area contributed by atoms with Gasteiger partial charge in [0.15, 0.2) is 0 Å². The maximum atomic E-state index is 11.4. The molecule has 1 rings (SSSR count). The van der Waals surface area contributed by atoms with Crippen molar-refractivity contribution in [1.29, 1.82) is 0 Å². The second kappa shape index (κ2) is 7.74. The number of nitrogens with one attached hydrogen (secondary N) is 1. The number of amides is 1. The van der Waals surface area contributed by atoms with Crippen LogP contribution in [0.2, 0.25) is 0 Å². The third kappa shape index (κ3) is 4.94. The van der Waals surface area contributed by atoms with Crippen molar-refractivity contribution < 1.29 is 4.79 Å². The fourth-order valence-corrected chi connectivity index (χ4v) is 2.81. The molecule has 1 amide bonds. The summed E-state index contributed by atoms with van der Waals surface area (Å²) in [5.74, 6) is 0.570. The van der Waals surface area contributed by atoms with Crippen molar-refractivity contribution in [3.63, 3.8) is 0 Å². The van der Waals surface area contributed by atoms with Gasteiger partial charge in [0.2, 0.25) is 5.91 Å². The normalized spacial score (nSPS) is 26.2. The van der Waals surface area contributed by atoms with Crippen molar-refractivity contribution in [2.45, 2.75) is 58.0 Å². The van der Waals surface area contributed by atoms with Gasteiger partial charge in [0.1, 0.15) is 0 Å². The lowest BCUT2D eigenvalue weighted by molar-refractivity contribution is -0.120. The summed E-state index contributed by atoms with van der Waals surface area (Å²) in [6, 6.07) is 0.395. The number of primary amides is 1. The Kier molecular flexibility index (Phi) is 6.65. The zero-order valence-electron chi connectivity index (χ0n) is 12.1. The molecule has 18 heavy (non-hydrogen) atoms. The van der Waals surface area contributed by atoms with Crippen molar-refractivity contribution in [1.82, 2.24) is 10.2 Å². The van der Waals surface area contributed by atoms with E-state index < -0.39 is 0 Å². The molecule has 106 valence electrons. The number of rotatable bonds is 7. The van der Waals surface area contributed by atoms with Crippen molar-refractivity contribution in [3.8, 4) is 0 Å². The van der Waals surface area contributed by atoms with E-state index in [1.807, 2.05) is 0 Å². The Morgan fingerprint density at radius 2 is 2.22 bits per heavy atom. The first-order valence-corrected chi connectivity index (χ1v) is 7.27. The predicted octanol–water partition coefficient (Wildman–Crippen LogP) is 1.35. The zero-order chi connectivity index (χ0) is 13.5.